The number of nitrogens with one attached hydrogen (secondary N) is 12. The van der Waals surface area contributed by atoms with E-state index in [4.69, 9.17) is 38.9 Å². The number of hydrogen-bond acceptors (Lipinski definition) is 16. The number of likely N-dealkylation sites (tertiary alicyclic amines) is 1. The number of ether oxygens (including phenoxy) is 1. The normalized spacial score (nSPS) is 15.6. The van der Waals surface area contributed by atoms with E-state index in [0.717, 1.165) is 42.0 Å². The molecule has 2 heterocycles. The highest BCUT2D eigenvalue weighted by Gasteiger charge is 2.41. The van der Waals surface area contributed by atoms with Gasteiger partial charge in [0.1, 0.15) is 60.4 Å². The van der Waals surface area contributed by atoms with Crippen LogP contribution >= 0.6 is 11.6 Å². The second kappa shape index (κ2) is 47.7. The van der Waals surface area contributed by atoms with Crippen LogP contribution in [0.2, 0.25) is 5.02 Å². The second-order valence-electron chi connectivity index (χ2n) is 30.9. The van der Waals surface area contributed by atoms with Crippen LogP contribution in [0.25, 0.3) is 10.8 Å². The Kier molecular flexibility index (Phi) is 37.3. The Bertz CT molecular complexity index is 4440. The molecule has 0 aliphatic carbocycles. The lowest BCUT2D eigenvalue weighted by molar-refractivity contribution is -0.142. The summed E-state index contributed by atoms with van der Waals surface area (Å²) < 4.78 is 5.57. The maximum absolute atomic E-state index is 15.6. The van der Waals surface area contributed by atoms with E-state index in [-0.39, 0.29) is 88.8 Å². The van der Waals surface area contributed by atoms with Crippen molar-refractivity contribution in [3.05, 3.63) is 184 Å². The van der Waals surface area contributed by atoms with Gasteiger partial charge in [0.25, 0.3) is 0 Å². The molecule has 33 heteroatoms. The Balaban J connectivity index is 1.11. The van der Waals surface area contributed by atoms with Crippen molar-refractivity contribution in [3.63, 3.8) is 0 Å². The number of aliphatic hydroxyl groups is 1. The number of amides is 14. The predicted molar refractivity (Wildman–Crippen MR) is 457 cm³/mol. The SMILES string of the molecule is CCCCN(CCCC)C(=O)Nc1ccc(C[C@@H](NC(=O)[C@H](Cc2ccc(CN3CCOCC3)cc2)NC(=O)[C@H](CO)NC(=O)[C@@H](Cc2ccccc2)NC(=O)[C@@H](Cc2ccc(Cl)cc2)NC(=O)[C@@H](Cc2ccc3ccccc3c2)NC(N)=O)C(=O)N[C@@H](CC(C)C)C(=O)N[C@@H](CCCNC(=N)N)C(=O)N2CCC[C@H]2C(=O)N[C@H](C)C(N)=O)cc1. The Morgan fingerprint density at radius 2 is 0.967 bits per heavy atom. The summed E-state index contributed by atoms with van der Waals surface area (Å²) >= 11 is 6.29. The number of nitrogens with two attached hydrogens (primary N) is 3. The van der Waals surface area contributed by atoms with Gasteiger partial charge in [0, 0.05) is 88.6 Å². The van der Waals surface area contributed by atoms with Crippen LogP contribution in [0.15, 0.2) is 146 Å². The Labute approximate surface area is 705 Å². The molecule has 6 aromatic rings. The standard InChI is InChI=1S/C87H117ClN18O14/c1-6-8-38-105(39-9-7-2)87(119)95-65-35-30-59(31-36-65)50-70(77(110)97-67(45-54(3)4)76(109)96-66(21-15-37-93-85(90)91)84(117)106-40-16-22-74(106)83(116)94-55(5)75(89)108)99-79(112)71(48-57-23-25-60(26-24-57)52-104-41-43-120-44-42-104)101-82(115)73(53-107)102-80(113)68(47-56-17-11-10-12-18-56)98-78(111)69(49-58-28-33-64(88)34-29-58)100-81(114)72(103-86(92)118)51-61-27-32-62-19-13-14-20-63(62)46-61/h10-14,17-20,23-36,46,54-55,66-74,107H,6-9,15-16,21-22,37-45,47-53H2,1-5H3,(H2,89,108)(H,94,116)(H,95,119)(H,96,109)(H,97,110)(H,98,111)(H,99,112)(H,100,114)(H,101,115)(H,102,113)(H4,90,91,93)(H3,92,103,118)/t55-,66+,67+,68-,69-,70-,71+,72-,73+,74+/m1/s1. The van der Waals surface area contributed by atoms with Gasteiger partial charge in [-0.05, 0) is 126 Å². The fourth-order valence-electron chi connectivity index (χ4n) is 14.2. The summed E-state index contributed by atoms with van der Waals surface area (Å²) in [7, 11) is 0. The molecule has 14 amide bonds. The van der Waals surface area contributed by atoms with E-state index in [0.29, 0.717) is 90.9 Å². The summed E-state index contributed by atoms with van der Waals surface area (Å²) in [6.45, 7) is 12.5. The number of carbonyl (C=O) groups is 12. The fraction of sp³-hybridized carbons (Fsp3) is 0.460. The van der Waals surface area contributed by atoms with E-state index < -0.39 is 132 Å². The van der Waals surface area contributed by atoms with Crippen LogP contribution in [-0.2, 0) is 91.3 Å². The molecule has 0 aromatic heterocycles. The molecule has 0 saturated carbocycles. The average molecular weight is 1670 g/mol. The highest BCUT2D eigenvalue weighted by molar-refractivity contribution is 6.30. The summed E-state index contributed by atoms with van der Waals surface area (Å²) in [5, 5.41) is 51.3. The molecule has 0 radical (unpaired) electrons. The minimum atomic E-state index is -1.84. The van der Waals surface area contributed by atoms with Crippen LogP contribution in [0, 0.1) is 11.3 Å². The van der Waals surface area contributed by atoms with Gasteiger partial charge in [-0.25, -0.2) is 9.59 Å². The zero-order chi connectivity index (χ0) is 86.8. The van der Waals surface area contributed by atoms with Crippen LogP contribution in [0.1, 0.15) is 126 Å². The molecule has 0 unspecified atom stereocenters. The molecule has 2 fully saturated rings. The van der Waals surface area contributed by atoms with Crippen LogP contribution in [0.5, 0.6) is 0 Å². The molecule has 32 nitrogen and oxygen atoms in total. The molecule has 19 N–H and O–H groups in total. The van der Waals surface area contributed by atoms with Gasteiger partial charge in [0.15, 0.2) is 5.96 Å². The summed E-state index contributed by atoms with van der Waals surface area (Å²) in [6, 6.07) is 26.6. The largest absolute Gasteiger partial charge is 0.394 e. The summed E-state index contributed by atoms with van der Waals surface area (Å²) in [5.74, 6) is -9.05. The molecule has 120 heavy (non-hydrogen) atoms. The van der Waals surface area contributed by atoms with Crippen molar-refractivity contribution in [1.82, 2.24) is 67.9 Å². The number of morpholine rings is 1. The number of fused-ring (bicyclic) bond motifs is 1. The molecule has 10 atom stereocenters. The number of carbonyl (C=O) groups excluding carboxylic acids is 12. The highest BCUT2D eigenvalue weighted by atomic mass is 35.5. The van der Waals surface area contributed by atoms with Crippen LogP contribution in [-0.4, -0.2) is 216 Å². The fourth-order valence-corrected chi connectivity index (χ4v) is 14.3. The smallest absolute Gasteiger partial charge is 0.321 e. The molecule has 0 bridgehead atoms. The predicted octanol–water partition coefficient (Wildman–Crippen LogP) is 3.99. The first-order chi connectivity index (χ1) is 57.6. The Morgan fingerprint density at radius 3 is 1.48 bits per heavy atom. The number of hydrogen-bond donors (Lipinski definition) is 16. The van der Waals surface area contributed by atoms with Crippen molar-refractivity contribution in [2.75, 3.05) is 64.4 Å². The molecule has 6 aromatic carbocycles. The maximum atomic E-state index is 15.6. The molecule has 2 aliphatic heterocycles. The van der Waals surface area contributed by atoms with Crippen molar-refractivity contribution in [3.8, 4) is 0 Å². The van der Waals surface area contributed by atoms with E-state index in [1.807, 2.05) is 62.4 Å². The monoisotopic (exact) mass is 1670 g/mol. The van der Waals surface area contributed by atoms with E-state index in [2.05, 4.69) is 63.4 Å². The highest BCUT2D eigenvalue weighted by Crippen LogP contribution is 2.24. The number of benzene rings is 6. The van der Waals surface area contributed by atoms with Gasteiger partial charge in [-0.2, -0.15) is 0 Å². The number of rotatable bonds is 45. The second-order valence-corrected chi connectivity index (χ2v) is 31.4. The van der Waals surface area contributed by atoms with E-state index in [9.17, 15) is 33.9 Å². The lowest BCUT2D eigenvalue weighted by Crippen LogP contribution is -2.62. The number of guanidine groups is 1. The van der Waals surface area contributed by atoms with Crippen molar-refractivity contribution in [2.45, 2.75) is 191 Å². The molecular weight excluding hydrogens is 1560 g/mol. The third-order valence-electron chi connectivity index (χ3n) is 20.9. The average Bonchev–Trinajstić information content (AvgIpc) is 1.55. The number of urea groups is 2. The van der Waals surface area contributed by atoms with Gasteiger partial charge in [0.05, 0.1) is 19.8 Å². The zero-order valence-corrected chi connectivity index (χ0v) is 69.6. The summed E-state index contributed by atoms with van der Waals surface area (Å²) in [4.78, 5) is 178. The number of aliphatic hydroxyl groups excluding tert-OH is 1. The first-order valence-electron chi connectivity index (χ1n) is 41.1. The van der Waals surface area contributed by atoms with Gasteiger partial charge in [0.2, 0.25) is 59.1 Å². The molecule has 2 aliphatic rings. The van der Waals surface area contributed by atoms with E-state index >= 15 is 28.8 Å². The molecular formula is C87H117ClN18O14. The minimum absolute atomic E-state index is 0.0124. The van der Waals surface area contributed by atoms with Crippen molar-refractivity contribution in [2.24, 2.45) is 23.1 Å². The third kappa shape index (κ3) is 30.3. The van der Waals surface area contributed by atoms with Gasteiger partial charge < -0.3 is 95.3 Å². The molecule has 2 saturated heterocycles. The quantitative estimate of drug-likeness (QED) is 0.0146. The molecule has 646 valence electrons. The van der Waals surface area contributed by atoms with Gasteiger partial charge >= 0.3 is 12.1 Å². The number of unbranched alkanes of at least 4 members (excludes halogenated alkanes) is 2. The maximum Gasteiger partial charge on any atom is 0.321 e. The van der Waals surface area contributed by atoms with Gasteiger partial charge in [-0.15, -0.1) is 0 Å². The lowest BCUT2D eigenvalue weighted by atomic mass is 9.99. The number of nitrogens with zero attached hydrogens (tertiary/aromatic N) is 3. The first kappa shape index (κ1) is 93.8. The van der Waals surface area contributed by atoms with Crippen molar-refractivity contribution >= 4 is 105 Å². The van der Waals surface area contributed by atoms with Crippen LogP contribution < -0.4 is 75.7 Å². The minimum Gasteiger partial charge on any atom is -0.394 e. The number of halogens is 1. The molecule has 0 spiro atoms. The van der Waals surface area contributed by atoms with Crippen molar-refractivity contribution < 1.29 is 67.4 Å². The Hall–Kier alpha value is -11.7. The van der Waals surface area contributed by atoms with E-state index in [1.165, 1.54) is 11.8 Å². The first-order valence-corrected chi connectivity index (χ1v) is 41.5. The lowest BCUT2D eigenvalue weighted by Gasteiger charge is -2.31. The number of anilines is 1. The van der Waals surface area contributed by atoms with Crippen LogP contribution in [0.3, 0.4) is 0 Å². The third-order valence-corrected chi connectivity index (χ3v) is 21.2. The summed E-state index contributed by atoms with van der Waals surface area (Å²) in [6.07, 6.45) is 3.20. The number of primary amides is 2. The van der Waals surface area contributed by atoms with E-state index in [1.54, 1.807) is 116 Å². The Morgan fingerprint density at radius 1 is 0.517 bits per heavy atom. The van der Waals surface area contributed by atoms with Crippen LogP contribution in [0.4, 0.5) is 15.3 Å². The zero-order valence-electron chi connectivity index (χ0n) is 68.9. The topological polar surface area (TPSA) is 478 Å². The van der Waals surface area contributed by atoms with Gasteiger partial charge in [-0.1, -0.05) is 173 Å². The summed E-state index contributed by atoms with van der Waals surface area (Å²) in [5.41, 5.74) is 20.8. The van der Waals surface area contributed by atoms with Gasteiger partial charge in [-0.3, -0.25) is 58.3 Å². The molecule has 8 rings (SSSR count). The van der Waals surface area contributed by atoms with Crippen molar-refractivity contribution in [1.29, 1.82) is 5.41 Å².